The molecule has 2 rings (SSSR count). The van der Waals surface area contributed by atoms with Crippen molar-refractivity contribution in [2.45, 2.75) is 6.54 Å². The molecule has 0 spiro atoms. The minimum absolute atomic E-state index is 0.0601. The number of nitrogen functional groups attached to an aromatic ring is 1. The molecule has 88 valence electrons. The zero-order chi connectivity index (χ0) is 12.3. The molecule has 0 unspecified atom stereocenters. The van der Waals surface area contributed by atoms with Gasteiger partial charge in [-0.25, -0.2) is 4.68 Å². The van der Waals surface area contributed by atoms with Gasteiger partial charge in [0.25, 0.3) is 0 Å². The number of aromatic nitrogens is 2. The number of benzene rings is 1. The predicted molar refractivity (Wildman–Crippen MR) is 65.3 cm³/mol. The normalized spacial score (nSPS) is 10.2. The Morgan fingerprint density at radius 1 is 1.41 bits per heavy atom. The van der Waals surface area contributed by atoms with Crippen molar-refractivity contribution in [3.8, 4) is 5.88 Å². The first-order chi connectivity index (χ1) is 8.20. The maximum atomic E-state index is 7.35. The van der Waals surface area contributed by atoms with Crippen LogP contribution in [0.4, 0.5) is 0 Å². The van der Waals surface area contributed by atoms with E-state index in [1.54, 1.807) is 17.9 Å². The number of amidine groups is 1. The van der Waals surface area contributed by atoms with E-state index in [0.29, 0.717) is 18.1 Å². The van der Waals surface area contributed by atoms with E-state index in [4.69, 9.17) is 15.9 Å². The first-order valence-electron chi connectivity index (χ1n) is 5.21. The van der Waals surface area contributed by atoms with Crippen molar-refractivity contribution < 1.29 is 4.74 Å². The van der Waals surface area contributed by atoms with Crippen LogP contribution in [-0.2, 0) is 6.54 Å². The van der Waals surface area contributed by atoms with Crippen molar-refractivity contribution >= 4 is 5.84 Å². The summed E-state index contributed by atoms with van der Waals surface area (Å²) in [6.45, 7) is 0.595. The predicted octanol–water partition coefficient (Wildman–Crippen LogP) is 1.22. The molecule has 0 saturated heterocycles. The molecule has 0 amide bonds. The molecule has 1 aromatic heterocycles. The van der Waals surface area contributed by atoms with Crippen LogP contribution in [0.3, 0.4) is 0 Å². The second-order valence-corrected chi connectivity index (χ2v) is 3.63. The van der Waals surface area contributed by atoms with Crippen LogP contribution >= 0.6 is 0 Å². The van der Waals surface area contributed by atoms with Crippen LogP contribution in [0.2, 0.25) is 0 Å². The molecule has 1 heterocycles. The SMILES string of the molecule is COc1cc(C(=N)N)nn1Cc1ccccc1. The molecule has 0 atom stereocenters. The Balaban J connectivity index is 2.29. The highest BCUT2D eigenvalue weighted by atomic mass is 16.5. The topological polar surface area (TPSA) is 76.9 Å². The molecule has 0 aliphatic carbocycles. The Morgan fingerprint density at radius 2 is 2.12 bits per heavy atom. The van der Waals surface area contributed by atoms with Crippen molar-refractivity contribution in [1.29, 1.82) is 5.41 Å². The Bertz CT molecular complexity index is 519. The molecule has 1 aromatic carbocycles. The van der Waals surface area contributed by atoms with Gasteiger partial charge in [0, 0.05) is 6.07 Å². The molecular formula is C12H14N4O. The number of hydrogen-bond donors (Lipinski definition) is 2. The van der Waals surface area contributed by atoms with E-state index >= 15 is 0 Å². The van der Waals surface area contributed by atoms with E-state index in [1.807, 2.05) is 30.3 Å². The zero-order valence-corrected chi connectivity index (χ0v) is 9.55. The van der Waals surface area contributed by atoms with E-state index < -0.39 is 0 Å². The van der Waals surface area contributed by atoms with Crippen LogP contribution in [0.1, 0.15) is 11.3 Å². The molecule has 3 N–H and O–H groups in total. The first-order valence-corrected chi connectivity index (χ1v) is 5.21. The highest BCUT2D eigenvalue weighted by Crippen LogP contribution is 2.14. The van der Waals surface area contributed by atoms with Crippen molar-refractivity contribution in [3.63, 3.8) is 0 Å². The van der Waals surface area contributed by atoms with Crippen LogP contribution < -0.4 is 10.5 Å². The Morgan fingerprint density at radius 3 is 2.71 bits per heavy atom. The summed E-state index contributed by atoms with van der Waals surface area (Å²) < 4.78 is 6.88. The molecule has 0 bridgehead atoms. The third-order valence-corrected chi connectivity index (χ3v) is 2.40. The van der Waals surface area contributed by atoms with Gasteiger partial charge in [0.1, 0.15) is 11.5 Å². The maximum absolute atomic E-state index is 7.35. The summed E-state index contributed by atoms with van der Waals surface area (Å²) in [5.74, 6) is 0.536. The lowest BCUT2D eigenvalue weighted by molar-refractivity contribution is 0.366. The molecule has 0 saturated carbocycles. The third kappa shape index (κ3) is 2.44. The summed E-state index contributed by atoms with van der Waals surface area (Å²) in [5.41, 5.74) is 6.94. The van der Waals surface area contributed by atoms with Gasteiger partial charge in [-0.1, -0.05) is 30.3 Å². The molecule has 0 aliphatic heterocycles. The fourth-order valence-electron chi connectivity index (χ4n) is 1.57. The molecule has 5 heteroatoms. The van der Waals surface area contributed by atoms with Crippen molar-refractivity contribution in [1.82, 2.24) is 9.78 Å². The van der Waals surface area contributed by atoms with Gasteiger partial charge in [0.2, 0.25) is 5.88 Å². The van der Waals surface area contributed by atoms with Crippen LogP contribution in [0.15, 0.2) is 36.4 Å². The summed E-state index contributed by atoms with van der Waals surface area (Å²) >= 11 is 0. The molecule has 0 aliphatic rings. The van der Waals surface area contributed by atoms with E-state index in [0.717, 1.165) is 5.56 Å². The minimum atomic E-state index is -0.0601. The number of hydrogen-bond acceptors (Lipinski definition) is 3. The molecule has 0 radical (unpaired) electrons. The molecular weight excluding hydrogens is 216 g/mol. The summed E-state index contributed by atoms with van der Waals surface area (Å²) in [6.07, 6.45) is 0. The van der Waals surface area contributed by atoms with Gasteiger partial charge in [0.05, 0.1) is 13.7 Å². The monoisotopic (exact) mass is 230 g/mol. The lowest BCUT2D eigenvalue weighted by atomic mass is 10.2. The van der Waals surface area contributed by atoms with Gasteiger partial charge < -0.3 is 10.5 Å². The van der Waals surface area contributed by atoms with Crippen molar-refractivity contribution in [2.24, 2.45) is 5.73 Å². The second kappa shape index (κ2) is 4.69. The third-order valence-electron chi connectivity index (χ3n) is 2.40. The molecule has 0 fully saturated rings. The maximum Gasteiger partial charge on any atom is 0.212 e. The standard InChI is InChI=1S/C12H14N4O/c1-17-11-7-10(12(13)14)15-16(11)8-9-5-3-2-4-6-9/h2-7H,8H2,1H3,(H3,13,14). The number of methoxy groups -OCH3 is 1. The number of rotatable bonds is 4. The average molecular weight is 230 g/mol. The minimum Gasteiger partial charge on any atom is -0.481 e. The number of nitrogens with two attached hydrogens (primary N) is 1. The van der Waals surface area contributed by atoms with Crippen LogP contribution in [0.25, 0.3) is 0 Å². The number of ether oxygens (including phenoxy) is 1. The Labute approximate surface area is 99.3 Å². The van der Waals surface area contributed by atoms with Gasteiger partial charge in [-0.05, 0) is 5.56 Å². The lowest BCUT2D eigenvalue weighted by Crippen LogP contribution is -2.13. The summed E-state index contributed by atoms with van der Waals surface area (Å²) in [6, 6.07) is 11.6. The highest BCUT2D eigenvalue weighted by Gasteiger charge is 2.10. The van der Waals surface area contributed by atoms with Crippen molar-refractivity contribution in [3.05, 3.63) is 47.7 Å². The van der Waals surface area contributed by atoms with Gasteiger partial charge in [-0.2, -0.15) is 5.10 Å². The fraction of sp³-hybridized carbons (Fsp3) is 0.167. The summed E-state index contributed by atoms with van der Waals surface area (Å²) in [5, 5.41) is 11.6. The van der Waals surface area contributed by atoms with E-state index in [2.05, 4.69) is 5.10 Å². The number of nitrogens with zero attached hydrogens (tertiary/aromatic N) is 2. The lowest BCUT2D eigenvalue weighted by Gasteiger charge is -2.05. The zero-order valence-electron chi connectivity index (χ0n) is 9.55. The van der Waals surface area contributed by atoms with Gasteiger partial charge in [-0.3, -0.25) is 5.41 Å². The van der Waals surface area contributed by atoms with Crippen molar-refractivity contribution in [2.75, 3.05) is 7.11 Å². The number of nitrogens with one attached hydrogen (secondary N) is 1. The Kier molecular flexibility index (Phi) is 3.09. The fourth-order valence-corrected chi connectivity index (χ4v) is 1.57. The summed E-state index contributed by atoms with van der Waals surface area (Å²) in [4.78, 5) is 0. The summed E-state index contributed by atoms with van der Waals surface area (Å²) in [7, 11) is 1.57. The van der Waals surface area contributed by atoms with Crippen LogP contribution in [0, 0.1) is 5.41 Å². The van der Waals surface area contributed by atoms with Crippen LogP contribution in [0.5, 0.6) is 5.88 Å². The second-order valence-electron chi connectivity index (χ2n) is 3.63. The Hall–Kier alpha value is -2.30. The van der Waals surface area contributed by atoms with Gasteiger partial charge in [0.15, 0.2) is 0 Å². The van der Waals surface area contributed by atoms with E-state index in [-0.39, 0.29) is 5.84 Å². The van der Waals surface area contributed by atoms with Gasteiger partial charge in [-0.15, -0.1) is 0 Å². The molecule has 17 heavy (non-hydrogen) atoms. The smallest absolute Gasteiger partial charge is 0.212 e. The largest absolute Gasteiger partial charge is 0.481 e. The molecule has 5 nitrogen and oxygen atoms in total. The first kappa shape index (κ1) is 11.2. The quantitative estimate of drug-likeness (QED) is 0.612. The van der Waals surface area contributed by atoms with Gasteiger partial charge >= 0.3 is 0 Å². The van der Waals surface area contributed by atoms with E-state index in [9.17, 15) is 0 Å². The van der Waals surface area contributed by atoms with Crippen LogP contribution in [-0.4, -0.2) is 22.7 Å². The molecule has 2 aromatic rings. The average Bonchev–Trinajstić information content (AvgIpc) is 2.74. The van der Waals surface area contributed by atoms with E-state index in [1.165, 1.54) is 0 Å². The highest BCUT2D eigenvalue weighted by molar-refractivity contribution is 5.93.